The van der Waals surface area contributed by atoms with E-state index >= 15 is 0 Å². The van der Waals surface area contributed by atoms with E-state index < -0.39 is 14.6 Å². The Hall–Kier alpha value is -0.130. The predicted octanol–water partition coefficient (Wildman–Crippen LogP) is 1.60. The summed E-state index contributed by atoms with van der Waals surface area (Å²) in [4.78, 5) is 0. The number of fused-ring (bicyclic) bond motifs is 1. The van der Waals surface area contributed by atoms with E-state index in [1.54, 1.807) is 13.8 Å². The molecule has 3 unspecified atom stereocenters. The van der Waals surface area contributed by atoms with E-state index in [9.17, 15) is 8.42 Å². The molecule has 3 atom stereocenters. The molecule has 2 rings (SSSR count). The molecule has 1 aliphatic heterocycles. The Bertz CT molecular complexity index is 442. The normalized spacial score (nSPS) is 34.5. The van der Waals surface area contributed by atoms with E-state index in [2.05, 4.69) is 19.2 Å². The molecule has 0 aromatic carbocycles. The average molecular weight is 289 g/mol. The second-order valence-corrected chi connectivity index (χ2v) is 9.96. The van der Waals surface area contributed by atoms with Gasteiger partial charge in [-0.3, -0.25) is 0 Å². The molecule has 1 heterocycles. The molecule has 0 aromatic rings. The quantitative estimate of drug-likeness (QED) is 0.854. The van der Waals surface area contributed by atoms with Crippen LogP contribution in [-0.4, -0.2) is 44.7 Å². The largest absolute Gasteiger partial charge is 0.377 e. The second kappa shape index (κ2) is 4.71. The highest BCUT2D eigenvalue weighted by atomic mass is 32.2. The molecule has 4 nitrogen and oxygen atoms in total. The first-order valence-corrected chi connectivity index (χ1v) is 9.01. The SMILES string of the molecule is CC1(C)C(NCC(C)(C)S(C)(=O)=O)C2CCCOC21. The van der Waals surface area contributed by atoms with Crippen LogP contribution in [0.15, 0.2) is 0 Å². The van der Waals surface area contributed by atoms with Crippen molar-refractivity contribution in [1.82, 2.24) is 5.32 Å². The van der Waals surface area contributed by atoms with Crippen molar-refractivity contribution < 1.29 is 13.2 Å². The Morgan fingerprint density at radius 1 is 1.37 bits per heavy atom. The minimum Gasteiger partial charge on any atom is -0.377 e. The van der Waals surface area contributed by atoms with Crippen LogP contribution in [-0.2, 0) is 14.6 Å². The lowest BCUT2D eigenvalue weighted by Gasteiger charge is -2.60. The molecular formula is C14H27NO3S. The maximum absolute atomic E-state index is 11.8. The molecule has 112 valence electrons. The van der Waals surface area contributed by atoms with Crippen molar-refractivity contribution in [2.45, 2.75) is 57.4 Å². The van der Waals surface area contributed by atoms with Crippen molar-refractivity contribution in [2.75, 3.05) is 19.4 Å². The summed E-state index contributed by atoms with van der Waals surface area (Å²) >= 11 is 0. The summed E-state index contributed by atoms with van der Waals surface area (Å²) in [5.74, 6) is 0.541. The third kappa shape index (κ3) is 2.57. The number of hydrogen-bond donors (Lipinski definition) is 1. The van der Waals surface area contributed by atoms with E-state index in [1.165, 1.54) is 12.7 Å². The fourth-order valence-corrected chi connectivity index (χ4v) is 3.77. The molecule has 0 aromatic heterocycles. The predicted molar refractivity (Wildman–Crippen MR) is 77.0 cm³/mol. The van der Waals surface area contributed by atoms with Gasteiger partial charge in [0.1, 0.15) is 0 Å². The fourth-order valence-electron chi connectivity index (χ4n) is 3.42. The van der Waals surface area contributed by atoms with Gasteiger partial charge in [-0.15, -0.1) is 0 Å². The molecule has 0 amide bonds. The van der Waals surface area contributed by atoms with Gasteiger partial charge in [0.05, 0.1) is 10.9 Å². The topological polar surface area (TPSA) is 55.4 Å². The van der Waals surface area contributed by atoms with Crippen molar-refractivity contribution in [3.8, 4) is 0 Å². The molecule has 0 bridgehead atoms. The Kier molecular flexibility index (Phi) is 3.78. The first-order chi connectivity index (χ1) is 8.57. The van der Waals surface area contributed by atoms with E-state index in [1.807, 2.05) is 0 Å². The molecule has 2 fully saturated rings. The number of rotatable bonds is 4. The van der Waals surface area contributed by atoms with Gasteiger partial charge in [-0.25, -0.2) is 8.42 Å². The number of ether oxygens (including phenoxy) is 1. The van der Waals surface area contributed by atoms with Crippen LogP contribution in [0.25, 0.3) is 0 Å². The Morgan fingerprint density at radius 3 is 2.58 bits per heavy atom. The van der Waals surface area contributed by atoms with Gasteiger partial charge in [-0.05, 0) is 26.7 Å². The molecule has 19 heavy (non-hydrogen) atoms. The van der Waals surface area contributed by atoms with Crippen LogP contribution in [0.2, 0.25) is 0 Å². The summed E-state index contributed by atoms with van der Waals surface area (Å²) in [7, 11) is -3.04. The van der Waals surface area contributed by atoms with Crippen LogP contribution < -0.4 is 5.32 Å². The molecule has 1 saturated carbocycles. The molecule has 0 radical (unpaired) electrons. The van der Waals surface area contributed by atoms with Crippen LogP contribution in [0.3, 0.4) is 0 Å². The lowest BCUT2D eigenvalue weighted by molar-refractivity contribution is -0.192. The van der Waals surface area contributed by atoms with Gasteiger partial charge in [0.2, 0.25) is 0 Å². The highest BCUT2D eigenvalue weighted by molar-refractivity contribution is 7.92. The highest BCUT2D eigenvalue weighted by Gasteiger charge is 2.57. The average Bonchev–Trinajstić information content (AvgIpc) is 2.27. The van der Waals surface area contributed by atoms with Gasteiger partial charge in [0, 0.05) is 36.8 Å². The maximum Gasteiger partial charge on any atom is 0.153 e. The summed E-state index contributed by atoms with van der Waals surface area (Å²) in [5.41, 5.74) is 0.0959. The molecule has 1 saturated heterocycles. The summed E-state index contributed by atoms with van der Waals surface area (Å²) < 4.78 is 28.6. The Morgan fingerprint density at radius 2 is 2.00 bits per heavy atom. The van der Waals surface area contributed by atoms with Crippen molar-refractivity contribution in [3.63, 3.8) is 0 Å². The van der Waals surface area contributed by atoms with Gasteiger partial charge >= 0.3 is 0 Å². The standard InChI is InChI=1S/C14H27NO3S/c1-13(2,19(5,16)17)9-15-11-10-7-6-8-18-12(10)14(11,3)4/h10-12,15H,6-9H2,1-5H3. The third-order valence-electron chi connectivity index (χ3n) is 5.08. The summed E-state index contributed by atoms with van der Waals surface area (Å²) in [6.45, 7) is 9.37. The van der Waals surface area contributed by atoms with Gasteiger partial charge < -0.3 is 10.1 Å². The molecule has 5 heteroatoms. The van der Waals surface area contributed by atoms with Crippen molar-refractivity contribution >= 4 is 9.84 Å². The first kappa shape index (κ1) is 15.3. The summed E-state index contributed by atoms with van der Waals surface area (Å²) in [5, 5.41) is 3.50. The van der Waals surface area contributed by atoms with Crippen molar-refractivity contribution in [2.24, 2.45) is 11.3 Å². The molecule has 2 aliphatic rings. The van der Waals surface area contributed by atoms with E-state index in [-0.39, 0.29) is 5.41 Å². The van der Waals surface area contributed by atoms with Crippen molar-refractivity contribution in [3.05, 3.63) is 0 Å². The monoisotopic (exact) mass is 289 g/mol. The van der Waals surface area contributed by atoms with Gasteiger partial charge in [-0.1, -0.05) is 13.8 Å². The van der Waals surface area contributed by atoms with Gasteiger partial charge in [0.15, 0.2) is 9.84 Å². The van der Waals surface area contributed by atoms with E-state index in [4.69, 9.17) is 4.74 Å². The van der Waals surface area contributed by atoms with E-state index in [0.717, 1.165) is 13.0 Å². The minimum absolute atomic E-state index is 0.0959. The van der Waals surface area contributed by atoms with Crippen LogP contribution in [0, 0.1) is 11.3 Å². The molecular weight excluding hydrogens is 262 g/mol. The van der Waals surface area contributed by atoms with Crippen LogP contribution >= 0.6 is 0 Å². The first-order valence-electron chi connectivity index (χ1n) is 7.12. The maximum atomic E-state index is 11.8. The lowest BCUT2D eigenvalue weighted by atomic mass is 9.55. The third-order valence-corrected chi connectivity index (χ3v) is 7.23. The fraction of sp³-hybridized carbons (Fsp3) is 1.00. The second-order valence-electron chi connectivity index (χ2n) is 7.31. The summed E-state index contributed by atoms with van der Waals surface area (Å²) in [6, 6.07) is 0.360. The highest BCUT2D eigenvalue weighted by Crippen LogP contribution is 2.51. The Balaban J connectivity index is 2.00. The van der Waals surface area contributed by atoms with Gasteiger partial charge in [-0.2, -0.15) is 0 Å². The van der Waals surface area contributed by atoms with Gasteiger partial charge in [0.25, 0.3) is 0 Å². The zero-order valence-electron chi connectivity index (χ0n) is 12.7. The van der Waals surface area contributed by atoms with Crippen molar-refractivity contribution in [1.29, 1.82) is 0 Å². The number of nitrogens with one attached hydrogen (secondary N) is 1. The number of sulfone groups is 1. The van der Waals surface area contributed by atoms with Crippen LogP contribution in [0.1, 0.15) is 40.5 Å². The number of hydrogen-bond acceptors (Lipinski definition) is 4. The van der Waals surface area contributed by atoms with E-state index in [0.29, 0.717) is 24.6 Å². The zero-order valence-corrected chi connectivity index (χ0v) is 13.5. The molecule has 1 N–H and O–H groups in total. The smallest absolute Gasteiger partial charge is 0.153 e. The minimum atomic E-state index is -3.04. The summed E-state index contributed by atoms with van der Waals surface area (Å²) in [6.07, 6.45) is 3.95. The zero-order chi connectivity index (χ0) is 14.5. The molecule has 1 aliphatic carbocycles. The lowest BCUT2D eigenvalue weighted by Crippen LogP contribution is -2.70. The molecule has 0 spiro atoms. The Labute approximate surface area is 117 Å². The van der Waals surface area contributed by atoms with Crippen LogP contribution in [0.5, 0.6) is 0 Å². The van der Waals surface area contributed by atoms with Crippen LogP contribution in [0.4, 0.5) is 0 Å².